The Morgan fingerprint density at radius 2 is 1.63 bits per heavy atom. The van der Waals surface area contributed by atoms with Crippen LogP contribution in [0.1, 0.15) is 36.1 Å². The van der Waals surface area contributed by atoms with E-state index in [1.54, 1.807) is 38.1 Å². The van der Waals surface area contributed by atoms with Gasteiger partial charge in [0.25, 0.3) is 0 Å². The van der Waals surface area contributed by atoms with Crippen molar-refractivity contribution >= 4 is 22.9 Å². The summed E-state index contributed by atoms with van der Waals surface area (Å²) < 4.78 is 32.2. The van der Waals surface area contributed by atoms with E-state index < -0.39 is 29.6 Å². The summed E-state index contributed by atoms with van der Waals surface area (Å²) in [5, 5.41) is 21.1. The molecule has 11 heteroatoms. The van der Waals surface area contributed by atoms with Crippen molar-refractivity contribution in [2.75, 3.05) is 26.4 Å². The van der Waals surface area contributed by atoms with Crippen LogP contribution < -0.4 is 19.6 Å². The number of aliphatic hydroxyl groups excluding tert-OH is 2. The van der Waals surface area contributed by atoms with Gasteiger partial charge in [-0.2, -0.15) is 0 Å². The summed E-state index contributed by atoms with van der Waals surface area (Å²) >= 11 is 0. The quantitative estimate of drug-likeness (QED) is 0.375. The van der Waals surface area contributed by atoms with Crippen molar-refractivity contribution in [2.45, 2.75) is 26.1 Å². The Labute approximate surface area is 216 Å². The summed E-state index contributed by atoms with van der Waals surface area (Å²) in [6, 6.07) is 10.4. The molecule has 38 heavy (non-hydrogen) atoms. The van der Waals surface area contributed by atoms with Crippen molar-refractivity contribution < 1.29 is 47.9 Å². The van der Waals surface area contributed by atoms with Gasteiger partial charge in [-0.15, -0.1) is 0 Å². The van der Waals surface area contributed by atoms with Gasteiger partial charge in [0.15, 0.2) is 5.43 Å². The minimum absolute atomic E-state index is 0.107. The second-order valence-corrected chi connectivity index (χ2v) is 8.07. The monoisotopic (exact) mass is 526 g/mol. The van der Waals surface area contributed by atoms with E-state index in [-0.39, 0.29) is 71.7 Å². The maximum atomic E-state index is 12.6. The van der Waals surface area contributed by atoms with Gasteiger partial charge < -0.3 is 38.3 Å². The molecule has 0 radical (unpaired) electrons. The van der Waals surface area contributed by atoms with Crippen LogP contribution in [0.15, 0.2) is 63.5 Å². The molecule has 2 unspecified atom stereocenters. The third kappa shape index (κ3) is 5.79. The molecule has 2 atom stereocenters. The van der Waals surface area contributed by atoms with Crippen LogP contribution >= 0.6 is 0 Å². The molecule has 0 saturated carbocycles. The molecule has 1 aliphatic rings. The average molecular weight is 526 g/mol. The van der Waals surface area contributed by atoms with E-state index in [0.29, 0.717) is 0 Å². The lowest BCUT2D eigenvalue weighted by Crippen LogP contribution is -2.26. The molecule has 1 aromatic heterocycles. The normalized spacial score (nSPS) is 15.1. The first kappa shape index (κ1) is 26.7. The van der Waals surface area contributed by atoms with Crippen LogP contribution in [0.25, 0.3) is 11.0 Å². The average Bonchev–Trinajstić information content (AvgIpc) is 2.90. The van der Waals surface area contributed by atoms with Crippen LogP contribution in [0.2, 0.25) is 0 Å². The molecule has 3 aromatic rings. The third-order valence-electron chi connectivity index (χ3n) is 5.38. The maximum Gasteiger partial charge on any atom is 0.374 e. The summed E-state index contributed by atoms with van der Waals surface area (Å²) in [5.74, 6) is -1.19. The van der Waals surface area contributed by atoms with Gasteiger partial charge in [-0.1, -0.05) is 12.1 Å². The molecule has 0 amide bonds. The zero-order valence-electron chi connectivity index (χ0n) is 20.7. The van der Waals surface area contributed by atoms with Crippen LogP contribution in [-0.2, 0) is 14.3 Å². The summed E-state index contributed by atoms with van der Waals surface area (Å²) in [6.45, 7) is 3.13. The second kappa shape index (κ2) is 11.8. The van der Waals surface area contributed by atoms with Crippen molar-refractivity contribution in [1.82, 2.24) is 0 Å². The molecular formula is C27H26O11. The number of ether oxygens (including phenoxy) is 5. The number of benzene rings is 2. The fourth-order valence-corrected chi connectivity index (χ4v) is 3.74. The van der Waals surface area contributed by atoms with Crippen molar-refractivity contribution in [3.63, 3.8) is 0 Å². The van der Waals surface area contributed by atoms with Crippen molar-refractivity contribution in [3.8, 4) is 17.2 Å². The van der Waals surface area contributed by atoms with Gasteiger partial charge in [0.1, 0.15) is 53.6 Å². The number of fused-ring (bicyclic) bond motifs is 2. The first-order valence-corrected chi connectivity index (χ1v) is 11.9. The van der Waals surface area contributed by atoms with Crippen LogP contribution in [0, 0.1) is 0 Å². The molecule has 0 aliphatic carbocycles. The Kier molecular flexibility index (Phi) is 8.29. The Bertz CT molecular complexity index is 1420. The number of carbonyl (C=O) groups is 2. The summed E-state index contributed by atoms with van der Waals surface area (Å²) in [5.41, 5.74) is -0.0857. The standard InChI is InChI=1S/C27H26O11/c1-3-33-26(31)22-11-16(29)24-18(7-5-9-20(24)37-22)35-13-15(28)14-36-19-8-6-10-21-25(19)17(30)12-23(38-21)27(32)34-4-2/h5-12,15-16,28-29H,3-4,13-14H2,1-2H3. The molecule has 2 aromatic carbocycles. The van der Waals surface area contributed by atoms with Gasteiger partial charge in [-0.05, 0) is 44.2 Å². The molecular weight excluding hydrogens is 500 g/mol. The predicted octanol–water partition coefficient (Wildman–Crippen LogP) is 2.66. The first-order valence-electron chi connectivity index (χ1n) is 11.9. The predicted molar refractivity (Wildman–Crippen MR) is 132 cm³/mol. The van der Waals surface area contributed by atoms with E-state index in [1.807, 2.05) is 0 Å². The molecule has 2 heterocycles. The van der Waals surface area contributed by atoms with Crippen molar-refractivity contribution in [1.29, 1.82) is 0 Å². The van der Waals surface area contributed by atoms with E-state index in [1.165, 1.54) is 18.2 Å². The Balaban J connectivity index is 1.42. The fourth-order valence-electron chi connectivity index (χ4n) is 3.74. The van der Waals surface area contributed by atoms with Crippen molar-refractivity contribution in [3.05, 3.63) is 75.8 Å². The van der Waals surface area contributed by atoms with Crippen LogP contribution in [-0.4, -0.2) is 54.7 Å². The lowest BCUT2D eigenvalue weighted by molar-refractivity contribution is -0.141. The molecule has 2 N–H and O–H groups in total. The zero-order valence-corrected chi connectivity index (χ0v) is 20.7. The highest BCUT2D eigenvalue weighted by atomic mass is 16.6. The van der Waals surface area contributed by atoms with Crippen LogP contribution in [0.5, 0.6) is 17.2 Å². The summed E-state index contributed by atoms with van der Waals surface area (Å²) in [6.07, 6.45) is -1.11. The van der Waals surface area contributed by atoms with E-state index >= 15 is 0 Å². The highest BCUT2D eigenvalue weighted by molar-refractivity contribution is 5.90. The number of hydrogen-bond donors (Lipinski definition) is 2. The van der Waals surface area contributed by atoms with E-state index in [4.69, 9.17) is 28.1 Å². The topological polar surface area (TPSA) is 151 Å². The Morgan fingerprint density at radius 1 is 0.974 bits per heavy atom. The van der Waals surface area contributed by atoms with Crippen molar-refractivity contribution in [2.24, 2.45) is 0 Å². The van der Waals surface area contributed by atoms with Gasteiger partial charge >= 0.3 is 11.9 Å². The lowest BCUT2D eigenvalue weighted by Gasteiger charge is -2.24. The third-order valence-corrected chi connectivity index (χ3v) is 5.38. The molecule has 0 bridgehead atoms. The van der Waals surface area contributed by atoms with Gasteiger partial charge in [-0.25, -0.2) is 9.59 Å². The molecule has 1 aliphatic heterocycles. The van der Waals surface area contributed by atoms with Gasteiger partial charge in [0.05, 0.1) is 18.8 Å². The molecule has 4 rings (SSSR count). The molecule has 11 nitrogen and oxygen atoms in total. The molecule has 0 fully saturated rings. The number of aliphatic hydroxyl groups is 2. The number of carbonyl (C=O) groups excluding carboxylic acids is 2. The van der Waals surface area contributed by atoms with E-state index in [0.717, 1.165) is 6.07 Å². The fraction of sp³-hybridized carbons (Fsp3) is 0.296. The number of rotatable bonds is 10. The number of esters is 2. The summed E-state index contributed by atoms with van der Waals surface area (Å²) in [7, 11) is 0. The van der Waals surface area contributed by atoms with Gasteiger partial charge in [-0.3, -0.25) is 4.79 Å². The second-order valence-electron chi connectivity index (χ2n) is 8.07. The maximum absolute atomic E-state index is 12.6. The highest BCUT2D eigenvalue weighted by Gasteiger charge is 2.28. The number of hydrogen-bond acceptors (Lipinski definition) is 11. The first-order chi connectivity index (χ1) is 18.3. The van der Waals surface area contributed by atoms with Gasteiger partial charge in [0.2, 0.25) is 11.5 Å². The zero-order chi connectivity index (χ0) is 27.2. The SMILES string of the molecule is CCOC(=O)C1=CC(O)c2c(OCC(O)COc3cccc4oc(C(=O)OCC)cc(=O)c34)cccc2O1. The molecule has 0 spiro atoms. The minimum atomic E-state index is -1.20. The Morgan fingerprint density at radius 3 is 2.37 bits per heavy atom. The Hall–Kier alpha value is -4.35. The molecule has 0 saturated heterocycles. The van der Waals surface area contributed by atoms with Gasteiger partial charge in [0, 0.05) is 6.07 Å². The molecule has 200 valence electrons. The van der Waals surface area contributed by atoms with Crippen LogP contribution in [0.3, 0.4) is 0 Å². The summed E-state index contributed by atoms with van der Waals surface area (Å²) in [4.78, 5) is 36.5. The van der Waals surface area contributed by atoms with Crippen LogP contribution in [0.4, 0.5) is 0 Å². The largest absolute Gasteiger partial charge is 0.490 e. The highest BCUT2D eigenvalue weighted by Crippen LogP contribution is 2.39. The smallest absolute Gasteiger partial charge is 0.374 e. The lowest BCUT2D eigenvalue weighted by atomic mass is 10.0. The van der Waals surface area contributed by atoms with E-state index in [9.17, 15) is 24.6 Å². The minimum Gasteiger partial charge on any atom is -0.490 e. The van der Waals surface area contributed by atoms with E-state index in [2.05, 4.69) is 0 Å².